The van der Waals surface area contributed by atoms with E-state index in [1.54, 1.807) is 38.0 Å². The van der Waals surface area contributed by atoms with Crippen LogP contribution in [0.2, 0.25) is 0 Å². The van der Waals surface area contributed by atoms with Crippen LogP contribution in [0, 0.1) is 5.82 Å². The summed E-state index contributed by atoms with van der Waals surface area (Å²) < 4.78 is 40.0. The normalized spacial score (nSPS) is 11.4. The van der Waals surface area contributed by atoms with Gasteiger partial charge in [-0.05, 0) is 18.2 Å². The molecule has 0 radical (unpaired) electrons. The molecule has 0 atom stereocenters. The summed E-state index contributed by atoms with van der Waals surface area (Å²) in [6.07, 6.45) is 0. The van der Waals surface area contributed by atoms with E-state index in [9.17, 15) is 12.8 Å². The van der Waals surface area contributed by atoms with Crippen molar-refractivity contribution in [2.45, 2.75) is 11.4 Å². The van der Waals surface area contributed by atoms with Gasteiger partial charge in [-0.15, -0.1) is 0 Å². The molecule has 1 heterocycles. The Morgan fingerprint density at radius 3 is 2.12 bits per heavy atom. The van der Waals surface area contributed by atoms with Gasteiger partial charge < -0.3 is 9.80 Å². The molecule has 1 aromatic carbocycles. The van der Waals surface area contributed by atoms with Gasteiger partial charge in [-0.2, -0.15) is 15.0 Å². The zero-order chi connectivity index (χ0) is 17.9. The third kappa shape index (κ3) is 4.36. The van der Waals surface area contributed by atoms with Gasteiger partial charge in [0.05, 0.1) is 11.4 Å². The molecule has 0 bridgehead atoms. The number of nitrogens with one attached hydrogen (secondary N) is 1. The van der Waals surface area contributed by atoms with Crippen LogP contribution in [-0.2, 0) is 16.6 Å². The molecule has 130 valence electrons. The Kier molecular flexibility index (Phi) is 5.30. The van der Waals surface area contributed by atoms with E-state index in [2.05, 4.69) is 19.7 Å². The van der Waals surface area contributed by atoms with Crippen molar-refractivity contribution in [2.24, 2.45) is 0 Å². The van der Waals surface area contributed by atoms with E-state index in [-0.39, 0.29) is 17.3 Å². The minimum absolute atomic E-state index is 0.136. The first kappa shape index (κ1) is 18.0. The van der Waals surface area contributed by atoms with Crippen molar-refractivity contribution >= 4 is 21.9 Å². The fraction of sp³-hybridized carbons (Fsp3) is 0.357. The van der Waals surface area contributed by atoms with E-state index in [1.165, 1.54) is 18.2 Å². The summed E-state index contributed by atoms with van der Waals surface area (Å²) in [6.45, 7) is -0.136. The minimum atomic E-state index is -3.86. The fourth-order valence-corrected chi connectivity index (χ4v) is 2.76. The summed E-state index contributed by atoms with van der Waals surface area (Å²) in [5.41, 5.74) is 0. The maximum atomic E-state index is 13.2. The van der Waals surface area contributed by atoms with Crippen molar-refractivity contribution in [3.63, 3.8) is 0 Å². The zero-order valence-corrected chi connectivity index (χ0v) is 14.7. The van der Waals surface area contributed by atoms with Gasteiger partial charge in [0.25, 0.3) is 0 Å². The van der Waals surface area contributed by atoms with Crippen molar-refractivity contribution < 1.29 is 12.8 Å². The Bertz CT molecular complexity index is 800. The van der Waals surface area contributed by atoms with Gasteiger partial charge in [0, 0.05) is 28.2 Å². The topological polar surface area (TPSA) is 91.3 Å². The first-order valence-corrected chi connectivity index (χ1v) is 8.52. The third-order valence-corrected chi connectivity index (χ3v) is 4.38. The number of rotatable bonds is 6. The first-order chi connectivity index (χ1) is 11.2. The Labute approximate surface area is 140 Å². The number of nitrogens with zero attached hydrogens (tertiary/aromatic N) is 5. The van der Waals surface area contributed by atoms with Crippen LogP contribution < -0.4 is 14.5 Å². The Hall–Kier alpha value is -2.33. The molecule has 0 spiro atoms. The van der Waals surface area contributed by atoms with Gasteiger partial charge in [-0.1, -0.05) is 6.07 Å². The molecule has 0 amide bonds. The molecular formula is C14H19FN6O2S. The van der Waals surface area contributed by atoms with Crippen molar-refractivity contribution in [3.8, 4) is 0 Å². The highest BCUT2D eigenvalue weighted by molar-refractivity contribution is 7.89. The molecule has 0 saturated carbocycles. The molecule has 0 saturated heterocycles. The molecule has 1 N–H and O–H groups in total. The number of hydrogen-bond acceptors (Lipinski definition) is 7. The van der Waals surface area contributed by atoms with E-state index >= 15 is 0 Å². The van der Waals surface area contributed by atoms with E-state index < -0.39 is 15.8 Å². The fourth-order valence-electron chi connectivity index (χ4n) is 1.75. The van der Waals surface area contributed by atoms with Gasteiger partial charge in [0.15, 0.2) is 5.82 Å². The highest BCUT2D eigenvalue weighted by atomic mass is 32.2. The second-order valence-electron chi connectivity index (χ2n) is 5.42. The SMILES string of the molecule is CN(C)c1nc(CNS(=O)(=O)c2cccc(F)c2)nc(N(C)C)n1. The number of benzene rings is 1. The number of halogens is 1. The third-order valence-electron chi connectivity index (χ3n) is 2.98. The molecule has 1 aromatic heterocycles. The lowest BCUT2D eigenvalue weighted by Gasteiger charge is -2.16. The van der Waals surface area contributed by atoms with Crippen LogP contribution in [0.15, 0.2) is 29.2 Å². The van der Waals surface area contributed by atoms with Crippen molar-refractivity contribution in [1.29, 1.82) is 0 Å². The summed E-state index contributed by atoms with van der Waals surface area (Å²) in [6, 6.07) is 4.78. The number of anilines is 2. The van der Waals surface area contributed by atoms with Gasteiger partial charge in [-0.25, -0.2) is 17.5 Å². The van der Waals surface area contributed by atoms with Crippen molar-refractivity contribution in [1.82, 2.24) is 19.7 Å². The standard InChI is InChI=1S/C14H19FN6O2S/c1-20(2)13-17-12(18-14(19-13)21(3)4)9-16-24(22,23)11-7-5-6-10(15)8-11/h5-8,16H,9H2,1-4H3. The van der Waals surface area contributed by atoms with Crippen LogP contribution in [-0.4, -0.2) is 51.6 Å². The van der Waals surface area contributed by atoms with Crippen LogP contribution in [0.25, 0.3) is 0 Å². The maximum Gasteiger partial charge on any atom is 0.241 e. The van der Waals surface area contributed by atoms with Crippen LogP contribution in [0.4, 0.5) is 16.3 Å². The lowest BCUT2D eigenvalue weighted by Crippen LogP contribution is -2.26. The summed E-state index contributed by atoms with van der Waals surface area (Å²) in [5.74, 6) is 0.461. The summed E-state index contributed by atoms with van der Waals surface area (Å²) >= 11 is 0. The Morgan fingerprint density at radius 1 is 1.04 bits per heavy atom. The van der Waals surface area contributed by atoms with Crippen molar-refractivity contribution in [3.05, 3.63) is 35.9 Å². The van der Waals surface area contributed by atoms with E-state index in [0.29, 0.717) is 11.9 Å². The smallest absolute Gasteiger partial charge is 0.241 e. The van der Waals surface area contributed by atoms with Crippen LogP contribution in [0.5, 0.6) is 0 Å². The van der Waals surface area contributed by atoms with Gasteiger partial charge in [0.2, 0.25) is 21.9 Å². The number of sulfonamides is 1. The van der Waals surface area contributed by atoms with Crippen LogP contribution in [0.1, 0.15) is 5.82 Å². The highest BCUT2D eigenvalue weighted by Gasteiger charge is 2.16. The van der Waals surface area contributed by atoms with Gasteiger partial charge >= 0.3 is 0 Å². The maximum absolute atomic E-state index is 13.2. The monoisotopic (exact) mass is 354 g/mol. The van der Waals surface area contributed by atoms with E-state index in [4.69, 9.17) is 0 Å². The molecule has 0 aliphatic carbocycles. The second-order valence-corrected chi connectivity index (χ2v) is 7.19. The molecule has 8 nitrogen and oxygen atoms in total. The molecule has 2 rings (SSSR count). The summed E-state index contributed by atoms with van der Waals surface area (Å²) in [5, 5.41) is 0. The summed E-state index contributed by atoms with van der Waals surface area (Å²) in [7, 11) is 3.23. The molecule has 2 aromatic rings. The number of aromatic nitrogens is 3. The highest BCUT2D eigenvalue weighted by Crippen LogP contribution is 2.13. The van der Waals surface area contributed by atoms with Gasteiger partial charge in [0.1, 0.15) is 5.82 Å². The largest absolute Gasteiger partial charge is 0.347 e. The average Bonchev–Trinajstić information content (AvgIpc) is 2.52. The molecule has 0 fully saturated rings. The second kappa shape index (κ2) is 7.05. The molecule has 0 aliphatic rings. The predicted octanol–water partition coefficient (Wildman–Crippen LogP) is 0.621. The van der Waals surface area contributed by atoms with Gasteiger partial charge in [-0.3, -0.25) is 0 Å². The molecular weight excluding hydrogens is 335 g/mol. The molecule has 0 unspecified atom stereocenters. The zero-order valence-electron chi connectivity index (χ0n) is 13.9. The average molecular weight is 354 g/mol. The number of hydrogen-bond donors (Lipinski definition) is 1. The Balaban J connectivity index is 2.25. The minimum Gasteiger partial charge on any atom is -0.347 e. The lowest BCUT2D eigenvalue weighted by molar-refractivity contribution is 0.575. The molecule has 24 heavy (non-hydrogen) atoms. The van der Waals surface area contributed by atoms with Crippen LogP contribution >= 0.6 is 0 Å². The van der Waals surface area contributed by atoms with Crippen LogP contribution in [0.3, 0.4) is 0 Å². The Morgan fingerprint density at radius 2 is 1.62 bits per heavy atom. The predicted molar refractivity (Wildman–Crippen MR) is 88.9 cm³/mol. The van der Waals surface area contributed by atoms with E-state index in [1.807, 2.05) is 0 Å². The first-order valence-electron chi connectivity index (χ1n) is 7.04. The molecule has 0 aliphatic heterocycles. The van der Waals surface area contributed by atoms with Crippen molar-refractivity contribution in [2.75, 3.05) is 38.0 Å². The quantitative estimate of drug-likeness (QED) is 0.813. The van der Waals surface area contributed by atoms with E-state index in [0.717, 1.165) is 6.07 Å². The molecule has 10 heteroatoms. The lowest BCUT2D eigenvalue weighted by atomic mass is 10.4. The summed E-state index contributed by atoms with van der Waals surface area (Å²) in [4.78, 5) is 15.9.